The highest BCUT2D eigenvalue weighted by atomic mass is 16.2. The zero-order chi connectivity index (χ0) is 18.7. The predicted octanol–water partition coefficient (Wildman–Crippen LogP) is 4.05. The van der Waals surface area contributed by atoms with Crippen LogP contribution in [0.15, 0.2) is 60.7 Å². The Morgan fingerprint density at radius 1 is 0.769 bits per heavy atom. The minimum absolute atomic E-state index is 0.209. The quantitative estimate of drug-likeness (QED) is 0.748. The Balaban J connectivity index is 1.74. The van der Waals surface area contributed by atoms with Crippen LogP contribution in [0.3, 0.4) is 0 Å². The number of aryl methyl sites for hydroxylation is 3. The number of anilines is 1. The molecule has 0 aliphatic rings. The summed E-state index contributed by atoms with van der Waals surface area (Å²) in [5.41, 5.74) is 7.46. The van der Waals surface area contributed by atoms with Crippen molar-refractivity contribution in [3.8, 4) is 0 Å². The zero-order valence-electron chi connectivity index (χ0n) is 15.0. The lowest BCUT2D eigenvalue weighted by molar-refractivity contribution is 0.100. The molecule has 0 saturated carbocycles. The van der Waals surface area contributed by atoms with Gasteiger partial charge in [0.2, 0.25) is 0 Å². The van der Waals surface area contributed by atoms with Gasteiger partial charge in [-0.2, -0.15) is 0 Å². The van der Waals surface area contributed by atoms with Crippen LogP contribution in [0.1, 0.15) is 37.7 Å². The molecule has 5 heteroatoms. The van der Waals surface area contributed by atoms with Crippen molar-refractivity contribution < 1.29 is 9.59 Å². The van der Waals surface area contributed by atoms with Gasteiger partial charge in [0, 0.05) is 28.2 Å². The van der Waals surface area contributed by atoms with Gasteiger partial charge in [-0.25, -0.2) is 0 Å². The van der Waals surface area contributed by atoms with Gasteiger partial charge in [0.05, 0.1) is 0 Å². The summed E-state index contributed by atoms with van der Waals surface area (Å²) in [6, 6.07) is 18.1. The molecule has 5 nitrogen and oxygen atoms in total. The van der Waals surface area contributed by atoms with E-state index in [1.807, 2.05) is 45.0 Å². The molecule has 0 aliphatic heterocycles. The third-order valence-corrected chi connectivity index (χ3v) is 4.18. The summed E-state index contributed by atoms with van der Waals surface area (Å²) in [6.07, 6.45) is 0. The van der Waals surface area contributed by atoms with Gasteiger partial charge in [-0.05, 0) is 63.2 Å². The van der Waals surface area contributed by atoms with Gasteiger partial charge >= 0.3 is 0 Å². The Bertz CT molecular complexity index is 936. The first-order valence-electron chi connectivity index (χ1n) is 8.38. The van der Waals surface area contributed by atoms with Crippen LogP contribution in [0, 0.1) is 20.8 Å². The van der Waals surface area contributed by atoms with E-state index in [0.29, 0.717) is 16.8 Å². The van der Waals surface area contributed by atoms with E-state index in [2.05, 4.69) is 10.7 Å². The van der Waals surface area contributed by atoms with E-state index >= 15 is 0 Å². The number of nitrogens with zero attached hydrogens (tertiary/aromatic N) is 1. The van der Waals surface area contributed by atoms with E-state index in [-0.39, 0.29) is 11.8 Å². The molecule has 26 heavy (non-hydrogen) atoms. The highest BCUT2D eigenvalue weighted by molar-refractivity contribution is 6.06. The number of carbonyl (C=O) groups excluding carboxylic acids is 2. The summed E-state index contributed by atoms with van der Waals surface area (Å²) in [5, 5.41) is 2.83. The molecular weight excluding hydrogens is 326 g/mol. The highest BCUT2D eigenvalue weighted by Crippen LogP contribution is 2.14. The Morgan fingerprint density at radius 3 is 2.08 bits per heavy atom. The second-order valence-electron chi connectivity index (χ2n) is 6.29. The van der Waals surface area contributed by atoms with Gasteiger partial charge in [-0.15, -0.1) is 0 Å². The summed E-state index contributed by atoms with van der Waals surface area (Å²) in [6.45, 7) is 5.81. The maximum absolute atomic E-state index is 12.5. The summed E-state index contributed by atoms with van der Waals surface area (Å²) in [5.74, 6) is -0.446. The van der Waals surface area contributed by atoms with E-state index in [1.165, 1.54) is 0 Å². The van der Waals surface area contributed by atoms with Crippen molar-refractivity contribution in [1.82, 2.24) is 4.68 Å². The molecule has 3 aromatic rings. The molecule has 132 valence electrons. The maximum Gasteiger partial charge on any atom is 0.270 e. The van der Waals surface area contributed by atoms with E-state index in [4.69, 9.17) is 0 Å². The normalized spacial score (nSPS) is 10.4. The number of benzene rings is 2. The van der Waals surface area contributed by atoms with Gasteiger partial charge < -0.3 is 5.32 Å². The van der Waals surface area contributed by atoms with Crippen molar-refractivity contribution in [2.75, 3.05) is 10.7 Å². The first kappa shape index (κ1) is 17.5. The van der Waals surface area contributed by atoms with Crippen molar-refractivity contribution in [2.45, 2.75) is 20.8 Å². The topological polar surface area (TPSA) is 63.1 Å². The number of aromatic nitrogens is 1. The third kappa shape index (κ3) is 3.83. The number of hydrogen-bond acceptors (Lipinski definition) is 2. The molecule has 2 aromatic carbocycles. The Hall–Kier alpha value is -3.34. The molecule has 0 unspecified atom stereocenters. The van der Waals surface area contributed by atoms with Crippen LogP contribution in [0.4, 0.5) is 5.69 Å². The van der Waals surface area contributed by atoms with Crippen molar-refractivity contribution in [3.63, 3.8) is 0 Å². The predicted molar refractivity (Wildman–Crippen MR) is 103 cm³/mol. The Kier molecular flexibility index (Phi) is 4.89. The van der Waals surface area contributed by atoms with Crippen LogP contribution >= 0.6 is 0 Å². The van der Waals surface area contributed by atoms with Gasteiger partial charge in [0.25, 0.3) is 11.8 Å². The average molecular weight is 347 g/mol. The molecule has 0 atom stereocenters. The minimum atomic E-state index is -0.237. The van der Waals surface area contributed by atoms with Crippen molar-refractivity contribution in [3.05, 3.63) is 88.7 Å². The van der Waals surface area contributed by atoms with Crippen LogP contribution in [-0.2, 0) is 0 Å². The highest BCUT2D eigenvalue weighted by Gasteiger charge is 2.11. The third-order valence-electron chi connectivity index (χ3n) is 4.18. The molecule has 0 saturated heterocycles. The van der Waals surface area contributed by atoms with Gasteiger partial charge in [-0.1, -0.05) is 23.8 Å². The van der Waals surface area contributed by atoms with Crippen molar-refractivity contribution in [1.29, 1.82) is 0 Å². The maximum atomic E-state index is 12.5. The molecule has 0 aliphatic carbocycles. The first-order valence-corrected chi connectivity index (χ1v) is 8.38. The molecule has 2 amide bonds. The minimum Gasteiger partial charge on any atom is -0.322 e. The fourth-order valence-corrected chi connectivity index (χ4v) is 2.66. The Morgan fingerprint density at radius 2 is 1.42 bits per heavy atom. The molecular formula is C21H21N3O2. The fourth-order valence-electron chi connectivity index (χ4n) is 2.66. The monoisotopic (exact) mass is 347 g/mol. The van der Waals surface area contributed by atoms with E-state index in [0.717, 1.165) is 17.0 Å². The van der Waals surface area contributed by atoms with Crippen LogP contribution in [0.25, 0.3) is 0 Å². The van der Waals surface area contributed by atoms with Crippen LogP contribution in [-0.4, -0.2) is 16.5 Å². The van der Waals surface area contributed by atoms with Gasteiger partial charge in [0.15, 0.2) is 0 Å². The smallest absolute Gasteiger partial charge is 0.270 e. The molecule has 1 heterocycles. The summed E-state index contributed by atoms with van der Waals surface area (Å²) >= 11 is 0. The average Bonchev–Trinajstić information content (AvgIpc) is 2.94. The Labute approximate surface area is 152 Å². The number of amides is 2. The van der Waals surface area contributed by atoms with Crippen molar-refractivity contribution in [2.24, 2.45) is 0 Å². The number of hydrogen-bond donors (Lipinski definition) is 2. The molecule has 0 fully saturated rings. The van der Waals surface area contributed by atoms with Gasteiger partial charge in [-0.3, -0.25) is 19.7 Å². The lowest BCUT2D eigenvalue weighted by atomic mass is 10.1. The van der Waals surface area contributed by atoms with E-state index < -0.39 is 0 Å². The molecule has 0 bridgehead atoms. The fraction of sp³-hybridized carbons (Fsp3) is 0.143. The standard InChI is InChI=1S/C21H21N3O2/c1-14-7-11-17(12-8-14)20(25)22-19-6-4-5-18(13-19)21(26)23-24-15(2)9-10-16(24)3/h4-13H,1-3H3,(H,22,25)(H,23,26). The van der Waals surface area contributed by atoms with Gasteiger partial charge in [0.1, 0.15) is 0 Å². The van der Waals surface area contributed by atoms with Crippen LogP contribution < -0.4 is 10.7 Å². The molecule has 1 aromatic heterocycles. The SMILES string of the molecule is Cc1ccc(C(=O)Nc2cccc(C(=O)Nn3c(C)ccc3C)c2)cc1. The zero-order valence-corrected chi connectivity index (χ0v) is 15.0. The molecule has 2 N–H and O–H groups in total. The summed E-state index contributed by atoms with van der Waals surface area (Å²) in [7, 11) is 0. The number of rotatable bonds is 4. The van der Waals surface area contributed by atoms with Crippen molar-refractivity contribution >= 4 is 17.5 Å². The first-order chi connectivity index (χ1) is 12.4. The number of nitrogens with one attached hydrogen (secondary N) is 2. The second kappa shape index (κ2) is 7.27. The lowest BCUT2D eigenvalue weighted by Crippen LogP contribution is -2.24. The molecule has 0 spiro atoms. The summed E-state index contributed by atoms with van der Waals surface area (Å²) < 4.78 is 1.74. The number of carbonyl (C=O) groups is 2. The van der Waals surface area contributed by atoms with E-state index in [1.54, 1.807) is 41.1 Å². The second-order valence-corrected chi connectivity index (χ2v) is 6.29. The lowest BCUT2D eigenvalue weighted by Gasteiger charge is -2.12. The van der Waals surface area contributed by atoms with E-state index in [9.17, 15) is 9.59 Å². The molecule has 3 rings (SSSR count). The van der Waals surface area contributed by atoms with Crippen LogP contribution in [0.5, 0.6) is 0 Å². The largest absolute Gasteiger partial charge is 0.322 e. The summed E-state index contributed by atoms with van der Waals surface area (Å²) in [4.78, 5) is 24.9. The van der Waals surface area contributed by atoms with Crippen LogP contribution in [0.2, 0.25) is 0 Å². The molecule has 0 radical (unpaired) electrons.